The number of anilines is 1. The number of nitrogens with one attached hydrogen (secondary N) is 2. The zero-order valence-corrected chi connectivity index (χ0v) is 14.0. The van der Waals surface area contributed by atoms with E-state index in [0.29, 0.717) is 17.1 Å². The van der Waals surface area contributed by atoms with Gasteiger partial charge in [-0.2, -0.15) is 0 Å². The summed E-state index contributed by atoms with van der Waals surface area (Å²) < 4.78 is 0. The largest absolute Gasteiger partial charge is 0.388 e. The van der Waals surface area contributed by atoms with Crippen LogP contribution in [0.4, 0.5) is 5.69 Å². The molecule has 2 amide bonds. The van der Waals surface area contributed by atoms with Crippen molar-refractivity contribution in [3.05, 3.63) is 64.7 Å². The first-order valence-electron chi connectivity index (χ1n) is 7.55. The standard InChI is InChI=1S/C18H19ClN2O3/c1-12-7-8-14(11-15(12)19)21-18(24)17(23)20-10-9-16(22)13-5-3-2-4-6-13/h2-8,11,16,22H,9-10H2,1H3,(H,20,23)(H,21,24). The number of carbonyl (C=O) groups is 2. The van der Waals surface area contributed by atoms with Crippen LogP contribution in [0, 0.1) is 6.92 Å². The lowest BCUT2D eigenvalue weighted by atomic mass is 10.1. The quantitative estimate of drug-likeness (QED) is 0.728. The van der Waals surface area contributed by atoms with Crippen molar-refractivity contribution < 1.29 is 14.7 Å². The summed E-state index contributed by atoms with van der Waals surface area (Å²) >= 11 is 5.97. The Hall–Kier alpha value is -2.37. The number of benzene rings is 2. The lowest BCUT2D eigenvalue weighted by molar-refractivity contribution is -0.136. The predicted molar refractivity (Wildman–Crippen MR) is 93.8 cm³/mol. The average Bonchev–Trinajstić information content (AvgIpc) is 2.58. The molecule has 3 N–H and O–H groups in total. The van der Waals surface area contributed by atoms with Crippen molar-refractivity contribution in [1.29, 1.82) is 0 Å². The second-order valence-corrected chi connectivity index (χ2v) is 5.80. The maximum atomic E-state index is 11.8. The van der Waals surface area contributed by atoms with Crippen LogP contribution >= 0.6 is 11.6 Å². The molecule has 0 saturated carbocycles. The van der Waals surface area contributed by atoms with E-state index >= 15 is 0 Å². The predicted octanol–water partition coefficient (Wildman–Crippen LogP) is 2.83. The molecule has 0 bridgehead atoms. The summed E-state index contributed by atoms with van der Waals surface area (Å²) in [6.07, 6.45) is -0.371. The van der Waals surface area contributed by atoms with E-state index in [1.54, 1.807) is 30.3 Å². The highest BCUT2D eigenvalue weighted by molar-refractivity contribution is 6.39. The van der Waals surface area contributed by atoms with Gasteiger partial charge in [0.05, 0.1) is 6.10 Å². The molecule has 0 spiro atoms. The molecule has 2 aromatic carbocycles. The number of aliphatic hydroxyl groups is 1. The lowest BCUT2D eigenvalue weighted by Crippen LogP contribution is -2.36. The van der Waals surface area contributed by atoms with Gasteiger partial charge in [-0.25, -0.2) is 0 Å². The highest BCUT2D eigenvalue weighted by Crippen LogP contribution is 2.19. The molecule has 126 valence electrons. The zero-order valence-electron chi connectivity index (χ0n) is 13.3. The van der Waals surface area contributed by atoms with Crippen LogP contribution in [0.2, 0.25) is 5.02 Å². The van der Waals surface area contributed by atoms with Crippen LogP contribution in [0.1, 0.15) is 23.7 Å². The fourth-order valence-electron chi connectivity index (χ4n) is 2.10. The summed E-state index contributed by atoms with van der Waals surface area (Å²) in [7, 11) is 0. The number of rotatable bonds is 5. The second kappa shape index (κ2) is 8.47. The number of aliphatic hydroxyl groups excluding tert-OH is 1. The van der Waals surface area contributed by atoms with Gasteiger partial charge in [0.25, 0.3) is 0 Å². The molecule has 0 radical (unpaired) electrons. The van der Waals surface area contributed by atoms with Crippen LogP contribution in [0.25, 0.3) is 0 Å². The smallest absolute Gasteiger partial charge is 0.313 e. The van der Waals surface area contributed by atoms with E-state index < -0.39 is 17.9 Å². The van der Waals surface area contributed by atoms with Gasteiger partial charge in [0, 0.05) is 17.3 Å². The van der Waals surface area contributed by atoms with Crippen LogP contribution in [-0.4, -0.2) is 23.5 Å². The Morgan fingerprint density at radius 1 is 1.12 bits per heavy atom. The second-order valence-electron chi connectivity index (χ2n) is 5.39. The SMILES string of the molecule is Cc1ccc(NC(=O)C(=O)NCCC(O)c2ccccc2)cc1Cl. The Morgan fingerprint density at radius 2 is 1.83 bits per heavy atom. The summed E-state index contributed by atoms with van der Waals surface area (Å²) in [5.74, 6) is -1.53. The Labute approximate surface area is 145 Å². The molecule has 0 aliphatic heterocycles. The molecule has 5 nitrogen and oxygen atoms in total. The van der Waals surface area contributed by atoms with E-state index in [-0.39, 0.29) is 6.54 Å². The van der Waals surface area contributed by atoms with E-state index in [1.807, 2.05) is 25.1 Å². The Kier molecular flexibility index (Phi) is 6.35. The molecule has 0 heterocycles. The van der Waals surface area contributed by atoms with Crippen LogP contribution in [0.15, 0.2) is 48.5 Å². The number of hydrogen-bond donors (Lipinski definition) is 3. The Bertz CT molecular complexity index is 719. The topological polar surface area (TPSA) is 78.4 Å². The fourth-order valence-corrected chi connectivity index (χ4v) is 2.28. The van der Waals surface area contributed by atoms with Crippen molar-refractivity contribution in [3.8, 4) is 0 Å². The third-order valence-corrected chi connectivity index (χ3v) is 3.93. The number of amides is 2. The number of carbonyl (C=O) groups excluding carboxylic acids is 2. The van der Waals surface area contributed by atoms with E-state index in [2.05, 4.69) is 10.6 Å². The molecule has 0 fully saturated rings. The number of hydrogen-bond acceptors (Lipinski definition) is 3. The third-order valence-electron chi connectivity index (χ3n) is 3.52. The summed E-state index contributed by atoms with van der Waals surface area (Å²) in [5.41, 5.74) is 2.11. The summed E-state index contributed by atoms with van der Waals surface area (Å²) in [6.45, 7) is 2.04. The summed E-state index contributed by atoms with van der Waals surface area (Å²) in [6, 6.07) is 14.1. The van der Waals surface area contributed by atoms with Gasteiger partial charge < -0.3 is 15.7 Å². The molecule has 1 atom stereocenters. The van der Waals surface area contributed by atoms with Crippen LogP contribution in [0.3, 0.4) is 0 Å². The Balaban J connectivity index is 1.79. The highest BCUT2D eigenvalue weighted by atomic mass is 35.5. The molecule has 6 heteroatoms. The number of aryl methyl sites for hydroxylation is 1. The molecular formula is C18H19ClN2O3. The molecule has 0 aromatic heterocycles. The van der Waals surface area contributed by atoms with Crippen molar-refractivity contribution in [1.82, 2.24) is 5.32 Å². The average molecular weight is 347 g/mol. The molecular weight excluding hydrogens is 328 g/mol. The first-order valence-corrected chi connectivity index (χ1v) is 7.93. The molecule has 0 saturated heterocycles. The lowest BCUT2D eigenvalue weighted by Gasteiger charge is -2.11. The van der Waals surface area contributed by atoms with Gasteiger partial charge in [0.2, 0.25) is 0 Å². The van der Waals surface area contributed by atoms with Gasteiger partial charge in [-0.1, -0.05) is 48.0 Å². The molecule has 0 aliphatic rings. The highest BCUT2D eigenvalue weighted by Gasteiger charge is 2.14. The monoisotopic (exact) mass is 346 g/mol. The van der Waals surface area contributed by atoms with E-state index in [0.717, 1.165) is 11.1 Å². The van der Waals surface area contributed by atoms with Gasteiger partial charge in [0.15, 0.2) is 0 Å². The van der Waals surface area contributed by atoms with Crippen LogP contribution in [0.5, 0.6) is 0 Å². The van der Waals surface area contributed by atoms with E-state index in [1.165, 1.54) is 0 Å². The van der Waals surface area contributed by atoms with Crippen LogP contribution in [-0.2, 0) is 9.59 Å². The minimum Gasteiger partial charge on any atom is -0.388 e. The number of halogens is 1. The maximum absolute atomic E-state index is 11.8. The normalized spacial score (nSPS) is 11.6. The zero-order chi connectivity index (χ0) is 17.5. The van der Waals surface area contributed by atoms with Crippen molar-refractivity contribution in [3.63, 3.8) is 0 Å². The third kappa shape index (κ3) is 5.08. The fraction of sp³-hybridized carbons (Fsp3) is 0.222. The van der Waals surface area contributed by atoms with Gasteiger partial charge in [0.1, 0.15) is 0 Å². The van der Waals surface area contributed by atoms with Gasteiger partial charge in [-0.15, -0.1) is 0 Å². The van der Waals surface area contributed by atoms with Crippen molar-refractivity contribution >= 4 is 29.1 Å². The first kappa shape index (κ1) is 18.0. The minimum absolute atomic E-state index is 0.191. The van der Waals surface area contributed by atoms with E-state index in [9.17, 15) is 14.7 Å². The Morgan fingerprint density at radius 3 is 2.50 bits per heavy atom. The summed E-state index contributed by atoms with van der Waals surface area (Å²) in [5, 5.41) is 15.5. The molecule has 1 unspecified atom stereocenters. The molecule has 2 aromatic rings. The van der Waals surface area contributed by atoms with Crippen LogP contribution < -0.4 is 10.6 Å². The van der Waals surface area contributed by atoms with Crippen molar-refractivity contribution in [2.75, 3.05) is 11.9 Å². The maximum Gasteiger partial charge on any atom is 0.313 e. The van der Waals surface area contributed by atoms with E-state index in [4.69, 9.17) is 11.6 Å². The van der Waals surface area contributed by atoms with Gasteiger partial charge >= 0.3 is 11.8 Å². The molecule has 0 aliphatic carbocycles. The van der Waals surface area contributed by atoms with Gasteiger partial charge in [-0.3, -0.25) is 9.59 Å². The first-order chi connectivity index (χ1) is 11.5. The molecule has 24 heavy (non-hydrogen) atoms. The van der Waals surface area contributed by atoms with Gasteiger partial charge in [-0.05, 0) is 36.6 Å². The van der Waals surface area contributed by atoms with Crippen molar-refractivity contribution in [2.45, 2.75) is 19.4 Å². The summed E-state index contributed by atoms with van der Waals surface area (Å²) in [4.78, 5) is 23.6. The van der Waals surface area contributed by atoms with Crippen molar-refractivity contribution in [2.24, 2.45) is 0 Å². The molecule has 2 rings (SSSR count). The minimum atomic E-state index is -0.774.